The Kier molecular flexibility index (Phi) is 4.34. The highest BCUT2D eigenvalue weighted by Gasteiger charge is 2.26. The molecule has 0 aliphatic heterocycles. The van der Waals surface area contributed by atoms with Gasteiger partial charge in [0.15, 0.2) is 11.5 Å². The Morgan fingerprint density at radius 1 is 1.22 bits per heavy atom. The number of hydrogen-bond donors (Lipinski definition) is 1. The average molecular weight is 249 g/mol. The lowest BCUT2D eigenvalue weighted by atomic mass is 9.85. The lowest BCUT2D eigenvalue weighted by molar-refractivity contribution is 0.0874. The first-order valence-electron chi connectivity index (χ1n) is 6.84. The molecule has 0 amide bonds. The van der Waals surface area contributed by atoms with Crippen molar-refractivity contribution in [1.29, 1.82) is 0 Å². The molecule has 100 valence electrons. The molecule has 2 atom stereocenters. The van der Waals surface area contributed by atoms with Crippen molar-refractivity contribution < 1.29 is 9.47 Å². The van der Waals surface area contributed by atoms with Crippen LogP contribution in [-0.4, -0.2) is 13.2 Å². The minimum Gasteiger partial charge on any atom is -0.493 e. The second-order valence-corrected chi connectivity index (χ2v) is 5.02. The molecule has 0 radical (unpaired) electrons. The molecule has 1 aromatic carbocycles. The predicted octanol–water partition coefficient (Wildman–Crippen LogP) is 3.63. The second-order valence-electron chi connectivity index (χ2n) is 5.02. The third-order valence-corrected chi connectivity index (χ3v) is 3.83. The maximum Gasteiger partial charge on any atom is 0.163 e. The van der Waals surface area contributed by atoms with Gasteiger partial charge in [0.05, 0.1) is 7.11 Å². The summed E-state index contributed by atoms with van der Waals surface area (Å²) >= 11 is 0. The summed E-state index contributed by atoms with van der Waals surface area (Å²) in [6.45, 7) is 2.24. The van der Waals surface area contributed by atoms with Crippen LogP contribution in [0, 0.1) is 5.92 Å². The van der Waals surface area contributed by atoms with Crippen molar-refractivity contribution in [2.75, 3.05) is 12.8 Å². The monoisotopic (exact) mass is 249 g/mol. The van der Waals surface area contributed by atoms with Crippen LogP contribution >= 0.6 is 0 Å². The third-order valence-electron chi connectivity index (χ3n) is 3.83. The first-order valence-corrected chi connectivity index (χ1v) is 6.84. The van der Waals surface area contributed by atoms with Crippen molar-refractivity contribution in [1.82, 2.24) is 0 Å². The van der Waals surface area contributed by atoms with Gasteiger partial charge in [-0.3, -0.25) is 0 Å². The molecule has 0 heterocycles. The van der Waals surface area contributed by atoms with E-state index in [1.54, 1.807) is 7.11 Å². The maximum absolute atomic E-state index is 6.16. The van der Waals surface area contributed by atoms with Crippen molar-refractivity contribution in [3.63, 3.8) is 0 Å². The van der Waals surface area contributed by atoms with Crippen LogP contribution < -0.4 is 15.2 Å². The Hall–Kier alpha value is -1.38. The minimum atomic E-state index is 0.305. The van der Waals surface area contributed by atoms with Gasteiger partial charge in [0.1, 0.15) is 6.10 Å². The predicted molar refractivity (Wildman–Crippen MR) is 74.1 cm³/mol. The van der Waals surface area contributed by atoms with E-state index in [0.717, 1.165) is 23.6 Å². The SMILES string of the molecule is CCC1CCCCC1Oc1cc(N)ccc1OC. The number of nitrogens with two attached hydrogens (primary N) is 1. The van der Waals surface area contributed by atoms with Crippen LogP contribution in [0.2, 0.25) is 0 Å². The number of hydrogen-bond acceptors (Lipinski definition) is 3. The number of rotatable bonds is 4. The van der Waals surface area contributed by atoms with Gasteiger partial charge in [-0.1, -0.05) is 13.3 Å². The standard InChI is InChI=1S/C15H23NO2/c1-3-11-6-4-5-7-13(11)18-15-10-12(16)8-9-14(15)17-2/h8-11,13H,3-7,16H2,1-2H3. The molecule has 3 heteroatoms. The molecule has 1 fully saturated rings. The fourth-order valence-corrected chi connectivity index (χ4v) is 2.74. The van der Waals surface area contributed by atoms with Crippen LogP contribution in [0.4, 0.5) is 5.69 Å². The molecule has 2 N–H and O–H groups in total. The Morgan fingerprint density at radius 3 is 2.72 bits per heavy atom. The summed E-state index contributed by atoms with van der Waals surface area (Å²) in [6, 6.07) is 5.57. The Bertz CT molecular complexity index is 392. The van der Waals surface area contributed by atoms with Crippen LogP contribution in [0.25, 0.3) is 0 Å². The summed E-state index contributed by atoms with van der Waals surface area (Å²) < 4.78 is 11.5. The van der Waals surface area contributed by atoms with Gasteiger partial charge >= 0.3 is 0 Å². The van der Waals surface area contributed by atoms with Gasteiger partial charge in [-0.25, -0.2) is 0 Å². The van der Waals surface area contributed by atoms with E-state index in [1.165, 1.54) is 25.7 Å². The third kappa shape index (κ3) is 2.89. The lowest BCUT2D eigenvalue weighted by Gasteiger charge is -2.31. The van der Waals surface area contributed by atoms with Gasteiger partial charge in [0.2, 0.25) is 0 Å². The van der Waals surface area contributed by atoms with Gasteiger partial charge in [0.25, 0.3) is 0 Å². The van der Waals surface area contributed by atoms with E-state index in [4.69, 9.17) is 15.2 Å². The highest BCUT2D eigenvalue weighted by Crippen LogP contribution is 2.35. The van der Waals surface area contributed by atoms with Crippen molar-refractivity contribution in [3.05, 3.63) is 18.2 Å². The van der Waals surface area contributed by atoms with Crippen molar-refractivity contribution in [2.24, 2.45) is 5.92 Å². The molecule has 1 aromatic rings. The van der Waals surface area contributed by atoms with Crippen molar-refractivity contribution in [2.45, 2.75) is 45.1 Å². The van der Waals surface area contributed by atoms with Gasteiger partial charge < -0.3 is 15.2 Å². The molecular weight excluding hydrogens is 226 g/mol. The lowest BCUT2D eigenvalue weighted by Crippen LogP contribution is -2.30. The van der Waals surface area contributed by atoms with E-state index >= 15 is 0 Å². The summed E-state index contributed by atoms with van der Waals surface area (Å²) in [7, 11) is 1.66. The summed E-state index contributed by atoms with van der Waals surface area (Å²) in [5, 5.41) is 0. The van der Waals surface area contributed by atoms with Gasteiger partial charge in [-0.2, -0.15) is 0 Å². The molecular formula is C15H23NO2. The topological polar surface area (TPSA) is 44.5 Å². The number of benzene rings is 1. The molecule has 0 saturated heterocycles. The largest absolute Gasteiger partial charge is 0.493 e. The molecule has 1 aliphatic rings. The second kappa shape index (κ2) is 5.98. The quantitative estimate of drug-likeness (QED) is 0.829. The molecule has 3 nitrogen and oxygen atoms in total. The first-order chi connectivity index (χ1) is 8.74. The van der Waals surface area contributed by atoms with Crippen molar-refractivity contribution >= 4 is 5.69 Å². The van der Waals surface area contributed by atoms with Gasteiger partial charge in [-0.15, -0.1) is 0 Å². The molecule has 0 spiro atoms. The van der Waals surface area contributed by atoms with Crippen LogP contribution in [0.5, 0.6) is 11.5 Å². The summed E-state index contributed by atoms with van der Waals surface area (Å²) in [6.07, 6.45) is 6.47. The zero-order valence-corrected chi connectivity index (χ0v) is 11.3. The Labute approximate surface area is 109 Å². The number of anilines is 1. The molecule has 18 heavy (non-hydrogen) atoms. The summed E-state index contributed by atoms with van der Waals surface area (Å²) in [5.74, 6) is 2.21. The highest BCUT2D eigenvalue weighted by atomic mass is 16.5. The maximum atomic E-state index is 6.16. The number of methoxy groups -OCH3 is 1. The molecule has 1 aliphatic carbocycles. The van der Waals surface area contributed by atoms with Crippen molar-refractivity contribution in [3.8, 4) is 11.5 Å². The first kappa shape index (κ1) is 13.1. The van der Waals surface area contributed by atoms with E-state index in [-0.39, 0.29) is 0 Å². The van der Waals surface area contributed by atoms with E-state index in [1.807, 2.05) is 18.2 Å². The van der Waals surface area contributed by atoms with Crippen LogP contribution in [0.3, 0.4) is 0 Å². The smallest absolute Gasteiger partial charge is 0.163 e. The van der Waals surface area contributed by atoms with Gasteiger partial charge in [0, 0.05) is 11.8 Å². The molecule has 2 rings (SSSR count). The molecule has 0 bridgehead atoms. The molecule has 1 saturated carbocycles. The van der Waals surface area contributed by atoms with Crippen LogP contribution in [0.15, 0.2) is 18.2 Å². The molecule has 2 unspecified atom stereocenters. The van der Waals surface area contributed by atoms with Crippen LogP contribution in [-0.2, 0) is 0 Å². The highest BCUT2D eigenvalue weighted by molar-refractivity contribution is 5.52. The number of ether oxygens (including phenoxy) is 2. The zero-order chi connectivity index (χ0) is 13.0. The minimum absolute atomic E-state index is 0.305. The van der Waals surface area contributed by atoms with E-state index < -0.39 is 0 Å². The Morgan fingerprint density at radius 2 is 2.00 bits per heavy atom. The van der Waals surface area contributed by atoms with E-state index in [0.29, 0.717) is 12.0 Å². The fourth-order valence-electron chi connectivity index (χ4n) is 2.74. The summed E-state index contributed by atoms with van der Waals surface area (Å²) in [4.78, 5) is 0. The normalized spacial score (nSPS) is 23.7. The van der Waals surface area contributed by atoms with Gasteiger partial charge in [-0.05, 0) is 43.7 Å². The average Bonchev–Trinajstić information content (AvgIpc) is 2.40. The fraction of sp³-hybridized carbons (Fsp3) is 0.600. The Balaban J connectivity index is 2.14. The zero-order valence-electron chi connectivity index (χ0n) is 11.3. The van der Waals surface area contributed by atoms with E-state index in [2.05, 4.69) is 6.92 Å². The van der Waals surface area contributed by atoms with E-state index in [9.17, 15) is 0 Å². The van der Waals surface area contributed by atoms with Crippen LogP contribution in [0.1, 0.15) is 39.0 Å². The summed E-state index contributed by atoms with van der Waals surface area (Å²) in [5.41, 5.74) is 6.54. The number of nitrogen functional groups attached to an aromatic ring is 1. The molecule has 0 aromatic heterocycles.